The van der Waals surface area contributed by atoms with Crippen LogP contribution in [0.25, 0.3) is 22.0 Å². The summed E-state index contributed by atoms with van der Waals surface area (Å²) in [7, 11) is 0. The highest BCUT2D eigenvalue weighted by Gasteiger charge is 2.22. The van der Waals surface area contributed by atoms with Crippen molar-refractivity contribution in [1.29, 1.82) is 0 Å². The number of nitrogen functional groups attached to an aromatic ring is 1. The molecule has 0 spiro atoms. The van der Waals surface area contributed by atoms with Crippen LogP contribution in [0.2, 0.25) is 0 Å². The highest BCUT2D eigenvalue weighted by atomic mass is 19.1. The van der Waals surface area contributed by atoms with Gasteiger partial charge in [0.15, 0.2) is 0 Å². The van der Waals surface area contributed by atoms with Gasteiger partial charge in [-0.1, -0.05) is 26.2 Å². The van der Waals surface area contributed by atoms with Crippen LogP contribution >= 0.6 is 0 Å². The number of halogens is 1. The zero-order valence-electron chi connectivity index (χ0n) is 17.3. The van der Waals surface area contributed by atoms with Gasteiger partial charge in [-0.2, -0.15) is 0 Å². The smallest absolute Gasteiger partial charge is 0.133 e. The predicted molar refractivity (Wildman–Crippen MR) is 119 cm³/mol. The van der Waals surface area contributed by atoms with Crippen LogP contribution in [0.3, 0.4) is 0 Å². The summed E-state index contributed by atoms with van der Waals surface area (Å²) < 4.78 is 15.1. The molecule has 2 heterocycles. The lowest BCUT2D eigenvalue weighted by Gasteiger charge is -2.34. The second-order valence-corrected chi connectivity index (χ2v) is 7.83. The summed E-state index contributed by atoms with van der Waals surface area (Å²) in [5.41, 5.74) is 8.65. The zero-order chi connectivity index (χ0) is 20.4. The average Bonchev–Trinajstić information content (AvgIpc) is 2.75. The van der Waals surface area contributed by atoms with E-state index in [-0.39, 0.29) is 5.82 Å². The quantitative estimate of drug-likeness (QED) is 0.601. The average molecular weight is 393 g/mol. The molecule has 2 N–H and O–H groups in total. The van der Waals surface area contributed by atoms with E-state index in [0.717, 1.165) is 29.0 Å². The van der Waals surface area contributed by atoms with Crippen LogP contribution in [0.1, 0.15) is 51.6 Å². The highest BCUT2D eigenvalue weighted by Crippen LogP contribution is 2.35. The van der Waals surface area contributed by atoms with Crippen molar-refractivity contribution in [3.8, 4) is 11.1 Å². The fourth-order valence-electron chi connectivity index (χ4n) is 4.59. The standard InChI is InChI=1S/C24H29FN4/c1-3-20-18(12-14-21(26)27-20)23-19(25)13-10-16-11-15-22(28-24(16)23)29(4-2)17-8-6-5-7-9-17/h10-15,17H,3-9H2,1-2H3,(H2,26,27). The second kappa shape index (κ2) is 8.36. The van der Waals surface area contributed by atoms with Crippen molar-refractivity contribution in [3.63, 3.8) is 0 Å². The Hall–Kier alpha value is -2.69. The van der Waals surface area contributed by atoms with Gasteiger partial charge < -0.3 is 10.6 Å². The van der Waals surface area contributed by atoms with E-state index >= 15 is 4.39 Å². The van der Waals surface area contributed by atoms with Gasteiger partial charge in [0.2, 0.25) is 0 Å². The van der Waals surface area contributed by atoms with Crippen LogP contribution in [0.15, 0.2) is 36.4 Å². The Bertz CT molecular complexity index is 1010. The van der Waals surface area contributed by atoms with E-state index in [4.69, 9.17) is 10.7 Å². The molecule has 1 saturated carbocycles. The molecule has 1 aromatic carbocycles. The molecular weight excluding hydrogens is 363 g/mol. The molecule has 4 nitrogen and oxygen atoms in total. The number of aromatic nitrogens is 2. The van der Waals surface area contributed by atoms with Gasteiger partial charge in [-0.05, 0) is 62.6 Å². The Balaban J connectivity index is 1.87. The maximum atomic E-state index is 15.1. The van der Waals surface area contributed by atoms with Crippen molar-refractivity contribution in [2.24, 2.45) is 0 Å². The summed E-state index contributed by atoms with van der Waals surface area (Å²) in [5, 5.41) is 0.934. The van der Waals surface area contributed by atoms with E-state index in [1.807, 2.05) is 13.0 Å². The van der Waals surface area contributed by atoms with Gasteiger partial charge >= 0.3 is 0 Å². The van der Waals surface area contributed by atoms with Gasteiger partial charge in [-0.25, -0.2) is 14.4 Å². The van der Waals surface area contributed by atoms with Crippen LogP contribution < -0.4 is 10.6 Å². The molecule has 0 bridgehead atoms. The number of fused-ring (bicyclic) bond motifs is 1. The number of hydrogen-bond donors (Lipinski definition) is 1. The molecule has 3 aromatic rings. The molecule has 5 heteroatoms. The van der Waals surface area contributed by atoms with Gasteiger partial charge in [0, 0.05) is 29.1 Å². The molecule has 1 aliphatic rings. The van der Waals surface area contributed by atoms with E-state index in [2.05, 4.69) is 28.9 Å². The van der Waals surface area contributed by atoms with Gasteiger partial charge in [0.05, 0.1) is 11.2 Å². The molecule has 2 aromatic heterocycles. The lowest BCUT2D eigenvalue weighted by atomic mass is 9.94. The molecule has 152 valence electrons. The van der Waals surface area contributed by atoms with Crippen LogP contribution in [0.4, 0.5) is 16.0 Å². The SMILES string of the molecule is CCc1nc(N)ccc1-c1c(F)ccc2ccc(N(CC)C3CCCCC3)nc12. The van der Waals surface area contributed by atoms with E-state index in [1.54, 1.807) is 12.1 Å². The highest BCUT2D eigenvalue weighted by molar-refractivity contribution is 5.95. The Kier molecular flexibility index (Phi) is 5.65. The number of pyridine rings is 2. The number of benzene rings is 1. The first-order chi connectivity index (χ1) is 14.1. The van der Waals surface area contributed by atoms with Crippen molar-refractivity contribution >= 4 is 22.5 Å². The van der Waals surface area contributed by atoms with Gasteiger partial charge in [0.1, 0.15) is 17.5 Å². The molecule has 0 aliphatic heterocycles. The lowest BCUT2D eigenvalue weighted by molar-refractivity contribution is 0.416. The van der Waals surface area contributed by atoms with Gasteiger partial charge in [-0.3, -0.25) is 0 Å². The fourth-order valence-corrected chi connectivity index (χ4v) is 4.59. The third-order valence-corrected chi connectivity index (χ3v) is 6.05. The summed E-state index contributed by atoms with van der Waals surface area (Å²) in [4.78, 5) is 11.8. The van der Waals surface area contributed by atoms with Gasteiger partial charge in [-0.15, -0.1) is 0 Å². The van der Waals surface area contributed by atoms with Crippen LogP contribution in [0, 0.1) is 5.82 Å². The van der Waals surface area contributed by atoms with Crippen molar-refractivity contribution in [1.82, 2.24) is 9.97 Å². The summed E-state index contributed by atoms with van der Waals surface area (Å²) in [6.45, 7) is 5.08. The Labute approximate surface area is 172 Å². The fraction of sp³-hybridized carbons (Fsp3) is 0.417. The number of nitrogens with two attached hydrogens (primary N) is 1. The number of anilines is 2. The third-order valence-electron chi connectivity index (χ3n) is 6.05. The van der Waals surface area contributed by atoms with Crippen LogP contribution in [0.5, 0.6) is 0 Å². The molecular formula is C24H29FN4. The molecule has 0 atom stereocenters. The first-order valence-electron chi connectivity index (χ1n) is 10.7. The molecule has 1 fully saturated rings. The van der Waals surface area contributed by atoms with Gasteiger partial charge in [0.25, 0.3) is 0 Å². The molecule has 0 unspecified atom stereocenters. The summed E-state index contributed by atoms with van der Waals surface area (Å²) in [6.07, 6.45) is 6.94. The van der Waals surface area contributed by atoms with E-state index in [0.29, 0.717) is 29.4 Å². The first-order valence-corrected chi connectivity index (χ1v) is 10.7. The molecule has 1 aliphatic carbocycles. The maximum absolute atomic E-state index is 15.1. The predicted octanol–water partition coefficient (Wildman–Crippen LogP) is 5.74. The largest absolute Gasteiger partial charge is 0.384 e. The van der Waals surface area contributed by atoms with E-state index < -0.39 is 0 Å². The summed E-state index contributed by atoms with van der Waals surface area (Å²) in [6, 6.07) is 11.6. The minimum Gasteiger partial charge on any atom is -0.384 e. The molecule has 0 radical (unpaired) electrons. The first kappa shape index (κ1) is 19.6. The van der Waals surface area contributed by atoms with Crippen LogP contribution in [-0.4, -0.2) is 22.6 Å². The Morgan fingerprint density at radius 2 is 1.76 bits per heavy atom. The number of hydrogen-bond acceptors (Lipinski definition) is 4. The molecule has 29 heavy (non-hydrogen) atoms. The van der Waals surface area contributed by atoms with E-state index in [1.165, 1.54) is 38.2 Å². The second-order valence-electron chi connectivity index (χ2n) is 7.83. The van der Waals surface area contributed by atoms with E-state index in [9.17, 15) is 0 Å². The minimum absolute atomic E-state index is 0.274. The van der Waals surface area contributed by atoms with Crippen molar-refractivity contribution in [2.75, 3.05) is 17.2 Å². The normalized spacial score (nSPS) is 15.0. The lowest BCUT2D eigenvalue weighted by Crippen LogP contribution is -2.37. The molecule has 0 saturated heterocycles. The molecule has 0 amide bonds. The Morgan fingerprint density at radius 1 is 1.00 bits per heavy atom. The maximum Gasteiger partial charge on any atom is 0.133 e. The number of nitrogens with zero attached hydrogens (tertiary/aromatic N) is 3. The Morgan fingerprint density at radius 3 is 2.48 bits per heavy atom. The van der Waals surface area contributed by atoms with Crippen molar-refractivity contribution in [2.45, 2.75) is 58.4 Å². The van der Waals surface area contributed by atoms with Crippen LogP contribution in [-0.2, 0) is 6.42 Å². The number of aryl methyl sites for hydroxylation is 1. The minimum atomic E-state index is -0.274. The topological polar surface area (TPSA) is 55.0 Å². The monoisotopic (exact) mass is 392 g/mol. The summed E-state index contributed by atoms with van der Waals surface area (Å²) in [5.74, 6) is 1.11. The summed E-state index contributed by atoms with van der Waals surface area (Å²) >= 11 is 0. The zero-order valence-corrected chi connectivity index (χ0v) is 17.3. The van der Waals surface area contributed by atoms with Crippen molar-refractivity contribution < 1.29 is 4.39 Å². The van der Waals surface area contributed by atoms with Crippen molar-refractivity contribution in [3.05, 3.63) is 47.9 Å². The molecule has 4 rings (SSSR count). The third kappa shape index (κ3) is 3.78. The number of rotatable bonds is 5.